The van der Waals surface area contributed by atoms with Crippen molar-refractivity contribution < 1.29 is 103 Å². The lowest BCUT2D eigenvalue weighted by molar-refractivity contribution is -0.433. The minimum atomic E-state index is -2.51. The van der Waals surface area contributed by atoms with E-state index < -0.39 is 189 Å². The molecule has 16 N–H and O–H groups in total. The standard InChI is InChI=1S/C43H58N8O21S/c1-18-15-51-34(35(18)59)41(65)45-14-21(53)11-24(46-30(58)17-69-23-6-4-3-5-7-23)38(62)47-31(19(2)52)42(66)50-16-22(54)12-25(50)39(63)49-33(40(64)48-32(43(51)67)27(56)13-29(44)57)37(61)36(60)20-8-9-26(55)28(10-20)70-73-72-71-68/h3-10,18-19,21-22,24-25,27,31-37,52-56,59-61,68H,11-17H2,1-2H3,(H2,44,57)(H,45,65)(H,46,58)(H,47,62)(H,48,64)(H,49,63)/t18?,19?,21?,22?,24-,25?,27?,31?,32?,33?,34?,35?,36?,37?/m0/s1. The third-order valence-electron chi connectivity index (χ3n) is 12.1. The number of carbonyl (C=O) groups excluding carboxylic acids is 8. The van der Waals surface area contributed by atoms with E-state index in [-0.39, 0.29) is 23.6 Å². The highest BCUT2D eigenvalue weighted by molar-refractivity contribution is 7.90. The number of aliphatic hydroxyl groups excluding tert-OH is 7. The van der Waals surface area contributed by atoms with Gasteiger partial charge in [-0.15, -0.1) is 0 Å². The first-order valence-electron chi connectivity index (χ1n) is 22.5. The van der Waals surface area contributed by atoms with Gasteiger partial charge in [0.15, 0.2) is 18.1 Å². The fourth-order valence-electron chi connectivity index (χ4n) is 8.34. The molecule has 0 radical (unpaired) electrons. The number of carbonyl (C=O) groups is 8. The normalized spacial score (nSPS) is 28.4. The van der Waals surface area contributed by atoms with Crippen molar-refractivity contribution in [1.82, 2.24) is 36.4 Å². The Kier molecular flexibility index (Phi) is 20.4. The summed E-state index contributed by atoms with van der Waals surface area (Å²) in [6, 6.07) is -1.21. The quantitative estimate of drug-likeness (QED) is 0.0342. The van der Waals surface area contributed by atoms with Gasteiger partial charge in [0.1, 0.15) is 54.2 Å². The number of aromatic hydroxyl groups is 1. The first kappa shape index (κ1) is 57.5. The fraction of sp³-hybridized carbons (Fsp3) is 0.535. The van der Waals surface area contributed by atoms with Gasteiger partial charge in [-0.1, -0.05) is 40.6 Å². The number of rotatable bonds is 15. The topological polar surface area (TPSA) is 448 Å². The van der Waals surface area contributed by atoms with Crippen LogP contribution in [0.4, 0.5) is 0 Å². The smallest absolute Gasteiger partial charge is 0.261 e. The van der Waals surface area contributed by atoms with Crippen LogP contribution in [0.3, 0.4) is 0 Å². The van der Waals surface area contributed by atoms with Crippen LogP contribution in [0.1, 0.15) is 44.8 Å². The first-order valence-corrected chi connectivity index (χ1v) is 23.2. The number of nitrogens with two attached hydrogens (primary N) is 1. The Morgan fingerprint density at radius 3 is 2.15 bits per heavy atom. The van der Waals surface area contributed by atoms with E-state index in [4.69, 9.17) is 19.9 Å². The summed E-state index contributed by atoms with van der Waals surface area (Å²) >= 11 is -0.0231. The van der Waals surface area contributed by atoms with Crippen LogP contribution in [0.25, 0.3) is 0 Å². The number of primary amides is 1. The van der Waals surface area contributed by atoms with Gasteiger partial charge in [0.2, 0.25) is 41.4 Å². The summed E-state index contributed by atoms with van der Waals surface area (Å²) < 4.78 is 14.6. The number of hydrogen-bond donors (Lipinski definition) is 15. The van der Waals surface area contributed by atoms with Crippen molar-refractivity contribution in [2.45, 2.75) is 112 Å². The number of nitrogens with one attached hydrogen (secondary N) is 5. The van der Waals surface area contributed by atoms with Gasteiger partial charge in [0.05, 0.1) is 36.9 Å². The van der Waals surface area contributed by atoms with Gasteiger partial charge in [-0.05, 0) is 36.8 Å². The molecule has 29 nitrogen and oxygen atoms in total. The molecule has 0 aromatic heterocycles. The zero-order chi connectivity index (χ0) is 53.8. The number of para-hydroxylation sites is 1. The van der Waals surface area contributed by atoms with Crippen molar-refractivity contribution in [3.05, 3.63) is 54.1 Å². The molecular weight excluding hydrogens is 997 g/mol. The van der Waals surface area contributed by atoms with Gasteiger partial charge in [-0.25, -0.2) is 5.26 Å². The first-order chi connectivity index (χ1) is 34.5. The molecule has 0 spiro atoms. The number of benzene rings is 2. The second-order valence-corrected chi connectivity index (χ2v) is 18.0. The molecule has 0 aliphatic carbocycles. The maximum Gasteiger partial charge on any atom is 0.261 e. The molecule has 2 aromatic rings. The zero-order valence-corrected chi connectivity index (χ0v) is 39.8. The predicted molar refractivity (Wildman–Crippen MR) is 244 cm³/mol. The van der Waals surface area contributed by atoms with E-state index in [1.807, 2.05) is 0 Å². The van der Waals surface area contributed by atoms with E-state index in [1.54, 1.807) is 18.2 Å². The van der Waals surface area contributed by atoms with Crippen LogP contribution in [0.2, 0.25) is 0 Å². The Bertz CT molecular complexity index is 2300. The number of amides is 8. The van der Waals surface area contributed by atoms with Crippen LogP contribution in [0, 0.1) is 5.92 Å². The highest BCUT2D eigenvalue weighted by Gasteiger charge is 2.50. The summed E-state index contributed by atoms with van der Waals surface area (Å²) in [6.07, 6.45) is -15.9. The van der Waals surface area contributed by atoms with Crippen molar-refractivity contribution in [3.8, 4) is 17.2 Å². The second-order valence-electron chi connectivity index (χ2n) is 17.5. The summed E-state index contributed by atoms with van der Waals surface area (Å²) in [5, 5.41) is 112. The van der Waals surface area contributed by atoms with Crippen LogP contribution in [-0.2, 0) is 47.7 Å². The Hall–Kier alpha value is -6.45. The lowest BCUT2D eigenvalue weighted by Crippen LogP contribution is -2.64. The number of ether oxygens (including phenoxy) is 1. The zero-order valence-electron chi connectivity index (χ0n) is 39.0. The predicted octanol–water partition coefficient (Wildman–Crippen LogP) is -6.16. The molecule has 3 heterocycles. The molecule has 8 amide bonds. The van der Waals surface area contributed by atoms with Gasteiger partial charge >= 0.3 is 0 Å². The molecule has 2 aromatic carbocycles. The largest absolute Gasteiger partial charge is 0.504 e. The molecule has 3 fully saturated rings. The van der Waals surface area contributed by atoms with Gasteiger partial charge in [0.25, 0.3) is 18.2 Å². The molecule has 3 aliphatic heterocycles. The third kappa shape index (κ3) is 14.8. The second kappa shape index (κ2) is 26.0. The van der Waals surface area contributed by atoms with Gasteiger partial charge in [0, 0.05) is 38.4 Å². The number of aliphatic hydroxyl groups is 7. The molecular formula is C43H58N8O21S. The highest BCUT2D eigenvalue weighted by Crippen LogP contribution is 2.34. The van der Waals surface area contributed by atoms with Crippen LogP contribution in [0.5, 0.6) is 17.2 Å². The molecule has 3 aliphatic rings. The SMILES string of the molecule is CC(O)C1NC(=O)[C@@H](NC(=O)COc2ccccc2)CC(O)CNC(=O)C2C(O)C(C)CN2C(=O)C(C(O)CC(N)=O)NC(=O)C(C(O)C(O)c2ccc(O)c(OSOOO)c2)NC(=O)C2CC(O)CN2C1=O. The van der Waals surface area contributed by atoms with Crippen molar-refractivity contribution in [2.24, 2.45) is 11.7 Å². The number of β-amino-alcohol motifs (C(OH)–C–C–N with tert-alkyl or cyclic N) is 1. The van der Waals surface area contributed by atoms with E-state index in [2.05, 4.69) is 36.0 Å². The number of hydrogen-bond acceptors (Lipinski definition) is 22. The van der Waals surface area contributed by atoms with E-state index in [1.165, 1.54) is 19.1 Å². The maximum atomic E-state index is 14.5. The molecule has 3 saturated heterocycles. The molecule has 5 rings (SSSR count). The van der Waals surface area contributed by atoms with E-state index >= 15 is 0 Å². The minimum absolute atomic E-state index is 0.0231. The Labute approximate surface area is 419 Å². The molecule has 402 valence electrons. The van der Waals surface area contributed by atoms with Crippen LogP contribution < -0.4 is 41.2 Å². The average Bonchev–Trinajstić information content (AvgIpc) is 3.89. The van der Waals surface area contributed by atoms with Crippen molar-refractivity contribution >= 4 is 59.6 Å². The average molecular weight is 1060 g/mol. The molecule has 0 saturated carbocycles. The molecule has 0 bridgehead atoms. The molecule has 14 atom stereocenters. The number of phenolic OH excluding ortho intramolecular Hbond substituents is 1. The fourth-order valence-corrected chi connectivity index (χ4v) is 8.60. The lowest BCUT2D eigenvalue weighted by Gasteiger charge is -2.34. The van der Waals surface area contributed by atoms with Gasteiger partial charge in [-0.2, -0.15) is 0 Å². The van der Waals surface area contributed by atoms with Crippen LogP contribution in [0.15, 0.2) is 48.5 Å². The summed E-state index contributed by atoms with van der Waals surface area (Å²) in [5.74, 6) is -11.6. The van der Waals surface area contributed by atoms with E-state index in [0.717, 1.165) is 30.0 Å². The maximum absolute atomic E-state index is 14.5. The summed E-state index contributed by atoms with van der Waals surface area (Å²) in [4.78, 5) is 112. The van der Waals surface area contributed by atoms with Crippen LogP contribution >= 0.6 is 12.3 Å². The van der Waals surface area contributed by atoms with Gasteiger partial charge in [-0.3, -0.25) is 38.4 Å². The number of nitrogens with zero attached hydrogens (tertiary/aromatic N) is 2. The molecule has 13 unspecified atom stereocenters. The minimum Gasteiger partial charge on any atom is -0.504 e. The van der Waals surface area contributed by atoms with Gasteiger partial charge < -0.3 is 91.9 Å². The van der Waals surface area contributed by atoms with E-state index in [0.29, 0.717) is 4.90 Å². The Balaban J connectivity index is 1.58. The van der Waals surface area contributed by atoms with Crippen molar-refractivity contribution in [1.29, 1.82) is 0 Å². The summed E-state index contributed by atoms with van der Waals surface area (Å²) in [5.41, 5.74) is 4.99. The van der Waals surface area contributed by atoms with Crippen LogP contribution in [-0.4, -0.2) is 202 Å². The monoisotopic (exact) mass is 1050 g/mol. The molecule has 73 heavy (non-hydrogen) atoms. The number of phenols is 1. The Morgan fingerprint density at radius 2 is 1.49 bits per heavy atom. The lowest BCUT2D eigenvalue weighted by atomic mass is 9.96. The van der Waals surface area contributed by atoms with E-state index in [9.17, 15) is 79.2 Å². The summed E-state index contributed by atoms with van der Waals surface area (Å²) in [7, 11) is 0. The highest BCUT2D eigenvalue weighted by atomic mass is 32.2. The van der Waals surface area contributed by atoms with Crippen molar-refractivity contribution in [3.63, 3.8) is 0 Å². The summed E-state index contributed by atoms with van der Waals surface area (Å²) in [6.45, 7) is 0.0553. The molecule has 30 heteroatoms. The Morgan fingerprint density at radius 1 is 0.836 bits per heavy atom. The van der Waals surface area contributed by atoms with Crippen molar-refractivity contribution in [2.75, 3.05) is 26.2 Å². The number of fused-ring (bicyclic) bond motifs is 2. The third-order valence-corrected chi connectivity index (χ3v) is 12.4.